The lowest BCUT2D eigenvalue weighted by atomic mass is 9.94. The lowest BCUT2D eigenvalue weighted by molar-refractivity contribution is -0.142. The summed E-state index contributed by atoms with van der Waals surface area (Å²) in [7, 11) is 1.47. The number of benzene rings is 1. The lowest BCUT2D eigenvalue weighted by Crippen LogP contribution is -2.35. The van der Waals surface area contributed by atoms with Gasteiger partial charge in [0.1, 0.15) is 0 Å². The first-order valence-electron chi connectivity index (χ1n) is 6.61. The summed E-state index contributed by atoms with van der Waals surface area (Å²) in [5.41, 5.74) is 1.34. The summed E-state index contributed by atoms with van der Waals surface area (Å²) < 4.78 is 4.75. The molecule has 1 aromatic rings. The highest BCUT2D eigenvalue weighted by atomic mass is 16.5. The van der Waals surface area contributed by atoms with Crippen molar-refractivity contribution < 1.29 is 9.53 Å². The topological polar surface area (TPSA) is 29.5 Å². The Balaban J connectivity index is 1.85. The number of carbonyl (C=O) groups excluding carboxylic acids is 1. The summed E-state index contributed by atoms with van der Waals surface area (Å²) in [5, 5.41) is 0. The van der Waals surface area contributed by atoms with Gasteiger partial charge in [0.05, 0.1) is 7.11 Å². The van der Waals surface area contributed by atoms with Crippen molar-refractivity contribution in [3.05, 3.63) is 35.9 Å². The van der Waals surface area contributed by atoms with Crippen LogP contribution < -0.4 is 0 Å². The van der Waals surface area contributed by atoms with E-state index < -0.39 is 0 Å². The fourth-order valence-electron chi connectivity index (χ4n) is 2.62. The molecule has 3 nitrogen and oxygen atoms in total. The molecule has 0 aromatic heterocycles. The van der Waals surface area contributed by atoms with Crippen LogP contribution >= 0.6 is 0 Å². The van der Waals surface area contributed by atoms with Crippen molar-refractivity contribution in [2.24, 2.45) is 5.92 Å². The summed E-state index contributed by atoms with van der Waals surface area (Å²) in [6.07, 6.45) is 2.87. The van der Waals surface area contributed by atoms with Crippen LogP contribution in [0.2, 0.25) is 0 Å². The van der Waals surface area contributed by atoms with Gasteiger partial charge in [-0.1, -0.05) is 30.3 Å². The molecular weight excluding hydrogens is 226 g/mol. The smallest absolute Gasteiger partial charge is 0.305 e. The molecule has 2 rings (SSSR count). The highest BCUT2D eigenvalue weighted by Gasteiger charge is 2.22. The van der Waals surface area contributed by atoms with Gasteiger partial charge in [0.25, 0.3) is 0 Å². The van der Waals surface area contributed by atoms with Crippen LogP contribution in [0.4, 0.5) is 0 Å². The highest BCUT2D eigenvalue weighted by Crippen LogP contribution is 2.21. The molecule has 1 aromatic carbocycles. The number of esters is 1. The summed E-state index contributed by atoms with van der Waals surface area (Å²) in [5.74, 6) is 0.372. The first kappa shape index (κ1) is 13.1. The third-order valence-electron chi connectivity index (χ3n) is 3.54. The van der Waals surface area contributed by atoms with Crippen LogP contribution in [0, 0.1) is 5.92 Å². The van der Waals surface area contributed by atoms with Gasteiger partial charge in [0, 0.05) is 19.5 Å². The Bertz CT molecular complexity index is 377. The van der Waals surface area contributed by atoms with Crippen molar-refractivity contribution in [3.63, 3.8) is 0 Å². The van der Waals surface area contributed by atoms with Gasteiger partial charge in [-0.15, -0.1) is 0 Å². The number of hydrogen-bond acceptors (Lipinski definition) is 3. The van der Waals surface area contributed by atoms with Crippen LogP contribution in [0.5, 0.6) is 0 Å². The van der Waals surface area contributed by atoms with Gasteiger partial charge in [-0.25, -0.2) is 0 Å². The average Bonchev–Trinajstić information content (AvgIpc) is 2.40. The van der Waals surface area contributed by atoms with E-state index in [-0.39, 0.29) is 5.97 Å². The molecule has 0 radical (unpaired) electrons. The van der Waals surface area contributed by atoms with Crippen molar-refractivity contribution in [2.75, 3.05) is 20.2 Å². The predicted octanol–water partition coefficient (Wildman–Crippen LogP) is 2.46. The molecule has 1 atom stereocenters. The van der Waals surface area contributed by atoms with E-state index in [1.54, 1.807) is 0 Å². The molecule has 1 saturated heterocycles. The monoisotopic (exact) mass is 247 g/mol. The Hall–Kier alpha value is -1.35. The maximum Gasteiger partial charge on any atom is 0.305 e. The molecule has 3 heteroatoms. The molecule has 0 N–H and O–H groups in total. The SMILES string of the molecule is COC(=O)C[C@H]1CCCN(Cc2ccccc2)C1. The molecule has 0 aliphatic carbocycles. The van der Waals surface area contributed by atoms with E-state index in [0.29, 0.717) is 12.3 Å². The minimum Gasteiger partial charge on any atom is -0.469 e. The zero-order valence-corrected chi connectivity index (χ0v) is 11.0. The number of nitrogens with zero attached hydrogens (tertiary/aromatic N) is 1. The summed E-state index contributed by atoms with van der Waals surface area (Å²) >= 11 is 0. The molecule has 1 fully saturated rings. The quantitative estimate of drug-likeness (QED) is 0.765. The third kappa shape index (κ3) is 3.84. The maximum absolute atomic E-state index is 11.3. The second-order valence-electron chi connectivity index (χ2n) is 5.01. The molecule has 0 bridgehead atoms. The number of ether oxygens (including phenoxy) is 1. The van der Waals surface area contributed by atoms with E-state index in [4.69, 9.17) is 4.74 Å². The molecule has 0 spiro atoms. The van der Waals surface area contributed by atoms with Crippen LogP contribution in [0.3, 0.4) is 0 Å². The summed E-state index contributed by atoms with van der Waals surface area (Å²) in [6, 6.07) is 10.5. The second kappa shape index (κ2) is 6.55. The van der Waals surface area contributed by atoms with Crippen LogP contribution in [0.15, 0.2) is 30.3 Å². The van der Waals surface area contributed by atoms with Gasteiger partial charge >= 0.3 is 5.97 Å². The van der Waals surface area contributed by atoms with Crippen LogP contribution in [-0.2, 0) is 16.1 Å². The number of methoxy groups -OCH3 is 1. The lowest BCUT2D eigenvalue weighted by Gasteiger charge is -2.32. The van der Waals surface area contributed by atoms with Crippen LogP contribution in [0.25, 0.3) is 0 Å². The first-order chi connectivity index (χ1) is 8.78. The fraction of sp³-hybridized carbons (Fsp3) is 0.533. The minimum atomic E-state index is -0.0819. The standard InChI is InChI=1S/C15H21NO2/c1-18-15(17)10-14-8-5-9-16(12-14)11-13-6-3-2-4-7-13/h2-4,6-7,14H,5,8-12H2,1H3/t14-/m1/s1. The molecule has 0 unspecified atom stereocenters. The normalized spacial score (nSPS) is 20.6. The van der Waals surface area contributed by atoms with Crippen molar-refractivity contribution in [2.45, 2.75) is 25.8 Å². The van der Waals surface area contributed by atoms with Gasteiger partial charge in [-0.2, -0.15) is 0 Å². The number of rotatable bonds is 4. The van der Waals surface area contributed by atoms with E-state index in [1.165, 1.54) is 19.1 Å². The molecule has 1 heterocycles. The zero-order valence-electron chi connectivity index (χ0n) is 11.0. The van der Waals surface area contributed by atoms with E-state index in [9.17, 15) is 4.79 Å². The zero-order chi connectivity index (χ0) is 12.8. The van der Waals surface area contributed by atoms with Crippen LogP contribution in [0.1, 0.15) is 24.8 Å². The van der Waals surface area contributed by atoms with Gasteiger partial charge in [0.15, 0.2) is 0 Å². The van der Waals surface area contributed by atoms with Gasteiger partial charge in [0.2, 0.25) is 0 Å². The highest BCUT2D eigenvalue weighted by molar-refractivity contribution is 5.69. The Kier molecular flexibility index (Phi) is 4.76. The average molecular weight is 247 g/mol. The Morgan fingerprint density at radius 3 is 2.89 bits per heavy atom. The van der Waals surface area contributed by atoms with E-state index >= 15 is 0 Å². The Morgan fingerprint density at radius 2 is 2.17 bits per heavy atom. The first-order valence-corrected chi connectivity index (χ1v) is 6.61. The number of hydrogen-bond donors (Lipinski definition) is 0. The minimum absolute atomic E-state index is 0.0819. The molecule has 1 aliphatic heterocycles. The Morgan fingerprint density at radius 1 is 1.39 bits per heavy atom. The number of piperidine rings is 1. The maximum atomic E-state index is 11.3. The van der Waals surface area contributed by atoms with Gasteiger partial charge < -0.3 is 4.74 Å². The molecule has 0 saturated carbocycles. The summed E-state index contributed by atoms with van der Waals surface area (Å²) in [4.78, 5) is 13.7. The largest absolute Gasteiger partial charge is 0.469 e. The number of likely N-dealkylation sites (tertiary alicyclic amines) is 1. The van der Waals surface area contributed by atoms with Crippen LogP contribution in [-0.4, -0.2) is 31.1 Å². The number of carbonyl (C=O) groups is 1. The van der Waals surface area contributed by atoms with Gasteiger partial charge in [-0.3, -0.25) is 9.69 Å². The Labute approximate surface area is 109 Å². The molecule has 0 amide bonds. The van der Waals surface area contributed by atoms with E-state index in [2.05, 4.69) is 29.2 Å². The third-order valence-corrected chi connectivity index (χ3v) is 3.54. The predicted molar refractivity (Wildman–Crippen MR) is 71.1 cm³/mol. The molecule has 1 aliphatic rings. The second-order valence-corrected chi connectivity index (χ2v) is 5.01. The van der Waals surface area contributed by atoms with Crippen molar-refractivity contribution in [1.82, 2.24) is 4.90 Å². The molecule has 98 valence electrons. The van der Waals surface area contributed by atoms with E-state index in [0.717, 1.165) is 26.1 Å². The summed E-state index contributed by atoms with van der Waals surface area (Å²) in [6.45, 7) is 3.12. The van der Waals surface area contributed by atoms with Crippen molar-refractivity contribution in [1.29, 1.82) is 0 Å². The molecular formula is C15H21NO2. The van der Waals surface area contributed by atoms with Crippen molar-refractivity contribution in [3.8, 4) is 0 Å². The van der Waals surface area contributed by atoms with E-state index in [1.807, 2.05) is 6.07 Å². The fourth-order valence-corrected chi connectivity index (χ4v) is 2.62. The van der Waals surface area contributed by atoms with Gasteiger partial charge in [-0.05, 0) is 30.9 Å². The van der Waals surface area contributed by atoms with Crippen molar-refractivity contribution >= 4 is 5.97 Å². The molecule has 18 heavy (non-hydrogen) atoms.